The van der Waals surface area contributed by atoms with Gasteiger partial charge in [0.05, 0.1) is 5.56 Å². The first-order chi connectivity index (χ1) is 11.8. The molecule has 6 nitrogen and oxygen atoms in total. The molecule has 0 saturated carbocycles. The molecule has 25 heavy (non-hydrogen) atoms. The smallest absolute Gasteiger partial charge is 0.336 e. The second kappa shape index (κ2) is 7.25. The van der Waals surface area contributed by atoms with E-state index < -0.39 is 11.5 Å². The summed E-state index contributed by atoms with van der Waals surface area (Å²) in [6.07, 6.45) is 6.86. The molecule has 1 aromatic rings. The number of nitrogens with zero attached hydrogens (tertiary/aromatic N) is 1. The average molecular weight is 340 g/mol. The Hall–Kier alpha value is -3.02. The van der Waals surface area contributed by atoms with Crippen LogP contribution in [0.15, 0.2) is 41.4 Å². The summed E-state index contributed by atoms with van der Waals surface area (Å²) in [4.78, 5) is 38.6. The van der Waals surface area contributed by atoms with Crippen LogP contribution in [0.2, 0.25) is 0 Å². The summed E-state index contributed by atoms with van der Waals surface area (Å²) >= 11 is 0. The highest BCUT2D eigenvalue weighted by Crippen LogP contribution is 2.28. The van der Waals surface area contributed by atoms with E-state index in [1.807, 2.05) is 13.8 Å². The number of hydrogen-bond donors (Lipinski definition) is 2. The van der Waals surface area contributed by atoms with Crippen LogP contribution < -0.4 is 5.32 Å². The van der Waals surface area contributed by atoms with Gasteiger partial charge in [0, 0.05) is 5.56 Å². The van der Waals surface area contributed by atoms with E-state index in [2.05, 4.69) is 10.3 Å². The van der Waals surface area contributed by atoms with Gasteiger partial charge in [-0.05, 0) is 36.6 Å². The van der Waals surface area contributed by atoms with Crippen molar-refractivity contribution in [3.8, 4) is 0 Å². The minimum Gasteiger partial charge on any atom is -0.478 e. The van der Waals surface area contributed by atoms with E-state index in [-0.39, 0.29) is 23.2 Å². The Kier molecular flexibility index (Phi) is 5.32. The highest BCUT2D eigenvalue weighted by atomic mass is 16.4. The number of nitrogens with one attached hydrogen (secondary N) is 1. The maximum absolute atomic E-state index is 12.3. The van der Waals surface area contributed by atoms with Crippen molar-refractivity contribution in [2.45, 2.75) is 26.3 Å². The molecule has 0 bridgehead atoms. The number of allylic oxidation sites excluding steroid dienone is 3. The number of carbonyl (C=O) groups is 3. The maximum Gasteiger partial charge on any atom is 0.336 e. The van der Waals surface area contributed by atoms with Crippen molar-refractivity contribution in [2.24, 2.45) is 10.9 Å². The fourth-order valence-electron chi connectivity index (χ4n) is 2.39. The average Bonchev–Trinajstić information content (AvgIpc) is 2.88. The quantitative estimate of drug-likeness (QED) is 0.472. The Morgan fingerprint density at radius 1 is 1.28 bits per heavy atom. The largest absolute Gasteiger partial charge is 0.478 e. The number of aldehydes is 1. The lowest BCUT2D eigenvalue weighted by Crippen LogP contribution is -2.41. The molecule has 1 atom stereocenters. The normalized spacial score (nSPS) is 20.3. The number of amides is 1. The molecule has 0 radical (unpaired) electrons. The first-order valence-corrected chi connectivity index (χ1v) is 7.87. The van der Waals surface area contributed by atoms with Crippen molar-refractivity contribution in [2.75, 3.05) is 0 Å². The van der Waals surface area contributed by atoms with Crippen LogP contribution in [0.5, 0.6) is 0 Å². The van der Waals surface area contributed by atoms with E-state index in [4.69, 9.17) is 0 Å². The predicted molar refractivity (Wildman–Crippen MR) is 95.6 cm³/mol. The van der Waals surface area contributed by atoms with E-state index in [1.54, 1.807) is 37.3 Å². The highest BCUT2D eigenvalue weighted by molar-refractivity contribution is 6.18. The first kappa shape index (κ1) is 18.3. The molecular weight excluding hydrogens is 320 g/mol. The summed E-state index contributed by atoms with van der Waals surface area (Å²) in [5.41, 5.74) is 0.163. The van der Waals surface area contributed by atoms with E-state index >= 15 is 0 Å². The number of aromatic carboxylic acids is 1. The number of rotatable bonds is 6. The zero-order valence-corrected chi connectivity index (χ0v) is 14.3. The van der Waals surface area contributed by atoms with Crippen LogP contribution in [0.25, 0.3) is 6.08 Å². The number of aliphatic imine (C=N–C) groups is 1. The van der Waals surface area contributed by atoms with Gasteiger partial charge in [0.25, 0.3) is 5.91 Å². The summed E-state index contributed by atoms with van der Waals surface area (Å²) in [5.74, 6) is -1.10. The van der Waals surface area contributed by atoms with Crippen molar-refractivity contribution >= 4 is 30.1 Å². The molecule has 1 unspecified atom stereocenters. The van der Waals surface area contributed by atoms with Crippen LogP contribution in [0.3, 0.4) is 0 Å². The second-order valence-corrected chi connectivity index (χ2v) is 6.21. The molecule has 0 fully saturated rings. The summed E-state index contributed by atoms with van der Waals surface area (Å²) < 4.78 is 0. The third-order valence-electron chi connectivity index (χ3n) is 4.28. The van der Waals surface area contributed by atoms with Gasteiger partial charge in [0.15, 0.2) is 0 Å². The molecule has 0 spiro atoms. The number of hydrogen-bond acceptors (Lipinski definition) is 4. The van der Waals surface area contributed by atoms with Gasteiger partial charge in [0.1, 0.15) is 17.7 Å². The standard InChI is InChI=1S/C19H20N2O4/c1-12(2)19(3)18(25)20-16(21-19)14-9-8-13(7-5-4-6-10-22)11-15(14)17(23)24/h4-12H,1-3H3,(H,23,24)(H,20,21,25)/b6-4+,7-5+. The Morgan fingerprint density at radius 2 is 2.00 bits per heavy atom. The highest BCUT2D eigenvalue weighted by Gasteiger charge is 2.42. The van der Waals surface area contributed by atoms with Gasteiger partial charge in [-0.2, -0.15) is 0 Å². The minimum absolute atomic E-state index is 0.0231. The first-order valence-electron chi connectivity index (χ1n) is 7.87. The van der Waals surface area contributed by atoms with Crippen LogP contribution in [0, 0.1) is 5.92 Å². The zero-order valence-electron chi connectivity index (χ0n) is 14.3. The van der Waals surface area contributed by atoms with Gasteiger partial charge < -0.3 is 10.4 Å². The van der Waals surface area contributed by atoms with E-state index in [0.717, 1.165) is 0 Å². The zero-order chi connectivity index (χ0) is 18.6. The Morgan fingerprint density at radius 3 is 2.56 bits per heavy atom. The summed E-state index contributed by atoms with van der Waals surface area (Å²) in [6, 6.07) is 4.85. The molecule has 2 N–H and O–H groups in total. The second-order valence-electron chi connectivity index (χ2n) is 6.21. The van der Waals surface area contributed by atoms with Crippen molar-refractivity contribution in [3.05, 3.63) is 53.1 Å². The van der Waals surface area contributed by atoms with E-state index in [1.165, 1.54) is 12.1 Å². The molecule has 1 aromatic carbocycles. The molecule has 1 heterocycles. The van der Waals surface area contributed by atoms with Gasteiger partial charge in [0.2, 0.25) is 0 Å². The van der Waals surface area contributed by atoms with Crippen molar-refractivity contribution in [3.63, 3.8) is 0 Å². The summed E-state index contributed by atoms with van der Waals surface area (Å²) in [6.45, 7) is 5.52. The number of carboxylic acid groups (broad SMARTS) is 1. The third kappa shape index (κ3) is 3.74. The Labute approximate surface area is 146 Å². The van der Waals surface area contributed by atoms with Gasteiger partial charge in [-0.1, -0.05) is 38.1 Å². The van der Waals surface area contributed by atoms with Crippen LogP contribution in [-0.2, 0) is 9.59 Å². The molecule has 0 saturated heterocycles. The lowest BCUT2D eigenvalue weighted by Gasteiger charge is -2.21. The fraction of sp³-hybridized carbons (Fsp3) is 0.263. The molecule has 2 rings (SSSR count). The van der Waals surface area contributed by atoms with Crippen LogP contribution in [-0.4, -0.2) is 34.6 Å². The molecule has 1 amide bonds. The van der Waals surface area contributed by atoms with Crippen LogP contribution in [0.1, 0.15) is 42.3 Å². The molecule has 1 aliphatic rings. The maximum atomic E-state index is 12.3. The van der Waals surface area contributed by atoms with Gasteiger partial charge >= 0.3 is 5.97 Å². The molecule has 0 aromatic heterocycles. The third-order valence-corrected chi connectivity index (χ3v) is 4.28. The number of carbonyl (C=O) groups excluding carboxylic acids is 2. The summed E-state index contributed by atoms with van der Waals surface area (Å²) in [5, 5.41) is 12.2. The Bertz CT molecular complexity index is 806. The molecule has 1 aliphatic heterocycles. The number of amidine groups is 1. The lowest BCUT2D eigenvalue weighted by atomic mass is 9.89. The predicted octanol–water partition coefficient (Wildman–Crippen LogP) is 2.44. The van der Waals surface area contributed by atoms with Crippen LogP contribution in [0.4, 0.5) is 0 Å². The monoisotopic (exact) mass is 340 g/mol. The lowest BCUT2D eigenvalue weighted by molar-refractivity contribution is -0.124. The topological polar surface area (TPSA) is 95.8 Å². The van der Waals surface area contributed by atoms with Gasteiger partial charge in [-0.3, -0.25) is 14.6 Å². The molecule has 0 aliphatic carbocycles. The Balaban J connectivity index is 2.44. The van der Waals surface area contributed by atoms with E-state index in [0.29, 0.717) is 17.4 Å². The molecule has 130 valence electrons. The van der Waals surface area contributed by atoms with E-state index in [9.17, 15) is 19.5 Å². The number of benzene rings is 1. The van der Waals surface area contributed by atoms with Crippen molar-refractivity contribution in [1.29, 1.82) is 0 Å². The SMILES string of the molecule is CC(C)C1(C)N=C(c2ccc(/C=C/C=C/C=O)cc2C(=O)O)NC1=O. The minimum atomic E-state index is -1.11. The fourth-order valence-corrected chi connectivity index (χ4v) is 2.39. The van der Waals surface area contributed by atoms with Crippen molar-refractivity contribution < 1.29 is 19.5 Å². The van der Waals surface area contributed by atoms with Crippen molar-refractivity contribution in [1.82, 2.24) is 5.32 Å². The van der Waals surface area contributed by atoms with Crippen LogP contribution >= 0.6 is 0 Å². The van der Waals surface area contributed by atoms with Gasteiger partial charge in [-0.25, -0.2) is 4.79 Å². The molecule has 6 heteroatoms. The summed E-state index contributed by atoms with van der Waals surface area (Å²) in [7, 11) is 0. The number of carboxylic acids is 1. The molecular formula is C19H20N2O4. The van der Waals surface area contributed by atoms with Gasteiger partial charge in [-0.15, -0.1) is 0 Å².